The molecule has 3 N–H and O–H groups in total. The average molecular weight is 264 g/mol. The first-order valence-corrected chi connectivity index (χ1v) is 7.26. The zero-order chi connectivity index (χ0) is 12.8. The zero-order valence-corrected chi connectivity index (χ0v) is 11.5. The summed E-state index contributed by atoms with van der Waals surface area (Å²) in [5, 5.41) is 0. The Hall–Kier alpha value is -0.970. The lowest BCUT2D eigenvalue weighted by molar-refractivity contribution is 0.172. The van der Waals surface area contributed by atoms with Crippen LogP contribution in [-0.2, 0) is 4.74 Å². The Kier molecular flexibility index (Phi) is 5.11. The van der Waals surface area contributed by atoms with Crippen molar-refractivity contribution < 1.29 is 4.74 Å². The van der Waals surface area contributed by atoms with Crippen molar-refractivity contribution in [2.45, 2.75) is 30.7 Å². The molecule has 0 spiro atoms. The van der Waals surface area contributed by atoms with Crippen LogP contribution in [0.1, 0.15) is 18.4 Å². The fourth-order valence-corrected chi connectivity index (χ4v) is 2.98. The molecule has 0 radical (unpaired) electrons. The quantitative estimate of drug-likeness (QED) is 0.487. The van der Waals surface area contributed by atoms with Gasteiger partial charge in [-0.25, -0.2) is 5.43 Å². The van der Waals surface area contributed by atoms with Gasteiger partial charge >= 0.3 is 0 Å². The van der Waals surface area contributed by atoms with E-state index >= 15 is 0 Å². The lowest BCUT2D eigenvalue weighted by Gasteiger charge is -2.22. The van der Waals surface area contributed by atoms with E-state index in [1.165, 1.54) is 10.5 Å². The van der Waals surface area contributed by atoms with Crippen LogP contribution in [0.4, 0.5) is 0 Å². The number of nitrogens with two attached hydrogens (primary N) is 1. The number of hydrogen-bond donors (Lipinski definition) is 2. The van der Waals surface area contributed by atoms with Gasteiger partial charge in [0.1, 0.15) is 5.76 Å². The van der Waals surface area contributed by atoms with Gasteiger partial charge < -0.3 is 4.74 Å². The lowest BCUT2D eigenvalue weighted by Crippen LogP contribution is -2.39. The summed E-state index contributed by atoms with van der Waals surface area (Å²) >= 11 is 1.80. The normalized spacial score (nSPS) is 16.9. The zero-order valence-electron chi connectivity index (χ0n) is 10.7. The number of allylic oxidation sites excluding steroid dienone is 1. The van der Waals surface area contributed by atoms with Gasteiger partial charge in [-0.2, -0.15) is 0 Å². The van der Waals surface area contributed by atoms with Crippen molar-refractivity contribution in [2.24, 2.45) is 5.84 Å². The average Bonchev–Trinajstić information content (AvgIpc) is 2.41. The van der Waals surface area contributed by atoms with Crippen molar-refractivity contribution in [3.63, 3.8) is 0 Å². The summed E-state index contributed by atoms with van der Waals surface area (Å²) in [7, 11) is 0. The molecule has 0 saturated heterocycles. The van der Waals surface area contributed by atoms with Gasteiger partial charge in [0, 0.05) is 10.6 Å². The molecule has 18 heavy (non-hydrogen) atoms. The van der Waals surface area contributed by atoms with E-state index < -0.39 is 0 Å². The summed E-state index contributed by atoms with van der Waals surface area (Å²) in [6.07, 6.45) is 4.33. The van der Waals surface area contributed by atoms with Crippen LogP contribution in [0.15, 0.2) is 41.0 Å². The summed E-state index contributed by atoms with van der Waals surface area (Å²) in [5.74, 6) is 7.48. The highest BCUT2D eigenvalue weighted by molar-refractivity contribution is 7.99. The molecule has 1 unspecified atom stereocenters. The molecule has 0 bridgehead atoms. The van der Waals surface area contributed by atoms with Crippen LogP contribution in [0.3, 0.4) is 0 Å². The van der Waals surface area contributed by atoms with E-state index in [1.807, 2.05) is 0 Å². The van der Waals surface area contributed by atoms with E-state index in [4.69, 9.17) is 10.6 Å². The molecule has 3 nitrogen and oxygen atoms in total. The van der Waals surface area contributed by atoms with Gasteiger partial charge in [0.2, 0.25) is 0 Å². The monoisotopic (exact) mass is 264 g/mol. The third kappa shape index (κ3) is 3.77. The van der Waals surface area contributed by atoms with E-state index in [1.54, 1.807) is 11.8 Å². The minimum atomic E-state index is 0.0933. The molecule has 0 saturated carbocycles. The molecule has 0 aliphatic carbocycles. The van der Waals surface area contributed by atoms with Gasteiger partial charge in [-0.15, -0.1) is 11.8 Å². The summed E-state index contributed by atoms with van der Waals surface area (Å²) < 4.78 is 5.65. The molecule has 0 amide bonds. The van der Waals surface area contributed by atoms with Crippen LogP contribution in [0.2, 0.25) is 0 Å². The number of thioether (sulfide) groups is 1. The van der Waals surface area contributed by atoms with Crippen LogP contribution in [0.25, 0.3) is 0 Å². The van der Waals surface area contributed by atoms with Crippen molar-refractivity contribution >= 4 is 11.8 Å². The maximum absolute atomic E-state index is 5.65. The highest BCUT2D eigenvalue weighted by Gasteiger charge is 2.16. The molecule has 2 rings (SSSR count). The molecule has 1 aliphatic heterocycles. The first kappa shape index (κ1) is 13.5. The van der Waals surface area contributed by atoms with Gasteiger partial charge in [-0.05, 0) is 38.0 Å². The first-order chi connectivity index (χ1) is 8.79. The second kappa shape index (κ2) is 6.83. The maximum Gasteiger partial charge on any atom is 0.111 e. The predicted molar refractivity (Wildman–Crippen MR) is 76.3 cm³/mol. The largest absolute Gasteiger partial charge is 0.497 e. The van der Waals surface area contributed by atoms with E-state index in [0.29, 0.717) is 0 Å². The molecule has 1 aliphatic rings. The van der Waals surface area contributed by atoms with Gasteiger partial charge in [0.25, 0.3) is 0 Å². The molecular formula is C14H20N2OS. The molecule has 1 heterocycles. The molecule has 1 aromatic carbocycles. The molecule has 1 atom stereocenters. The minimum absolute atomic E-state index is 0.0933. The van der Waals surface area contributed by atoms with E-state index in [-0.39, 0.29) is 6.04 Å². The van der Waals surface area contributed by atoms with E-state index in [9.17, 15) is 0 Å². The molecule has 0 fully saturated rings. The van der Waals surface area contributed by atoms with Crippen LogP contribution >= 0.6 is 11.8 Å². The summed E-state index contributed by atoms with van der Waals surface area (Å²) in [6, 6.07) is 8.60. The fourth-order valence-electron chi connectivity index (χ4n) is 1.92. The summed E-state index contributed by atoms with van der Waals surface area (Å²) in [5.41, 5.74) is 4.13. The van der Waals surface area contributed by atoms with Crippen LogP contribution in [-0.4, -0.2) is 18.4 Å². The second-order valence-corrected chi connectivity index (χ2v) is 5.54. The number of hydrogen-bond acceptors (Lipinski definition) is 4. The Bertz CT molecular complexity index is 420. The molecule has 98 valence electrons. The predicted octanol–water partition coefficient (Wildman–Crippen LogP) is 2.61. The van der Waals surface area contributed by atoms with E-state index in [2.05, 4.69) is 42.7 Å². The number of ether oxygens (including phenoxy) is 1. The number of nitrogens with one attached hydrogen (secondary N) is 1. The molecule has 1 aromatic rings. The maximum atomic E-state index is 5.65. The van der Waals surface area contributed by atoms with Crippen molar-refractivity contribution in [3.8, 4) is 0 Å². The van der Waals surface area contributed by atoms with Crippen LogP contribution in [0, 0.1) is 6.92 Å². The van der Waals surface area contributed by atoms with E-state index in [0.717, 1.165) is 31.0 Å². The van der Waals surface area contributed by atoms with Crippen LogP contribution < -0.4 is 11.3 Å². The number of benzene rings is 1. The Morgan fingerprint density at radius 1 is 1.50 bits per heavy atom. The van der Waals surface area contributed by atoms with Gasteiger partial charge in [0.05, 0.1) is 12.6 Å². The fraction of sp³-hybridized carbons (Fsp3) is 0.429. The standard InChI is InChI=1S/C14H20N2OS/c1-11-5-4-6-12(9-11)18-10-13(16-15)14-7-2-3-8-17-14/h4-7,9,13,16H,2-3,8,10,15H2,1H3. The number of rotatable bonds is 5. The van der Waals surface area contributed by atoms with Crippen molar-refractivity contribution in [2.75, 3.05) is 12.4 Å². The molecule has 0 aromatic heterocycles. The second-order valence-electron chi connectivity index (χ2n) is 4.44. The number of hydrazine groups is 1. The van der Waals surface area contributed by atoms with Gasteiger partial charge in [-0.1, -0.05) is 17.7 Å². The third-order valence-electron chi connectivity index (χ3n) is 2.91. The van der Waals surface area contributed by atoms with Gasteiger partial charge in [0.15, 0.2) is 0 Å². The molecule has 4 heteroatoms. The minimum Gasteiger partial charge on any atom is -0.497 e. The number of aryl methyl sites for hydroxylation is 1. The van der Waals surface area contributed by atoms with Crippen molar-refractivity contribution in [3.05, 3.63) is 41.7 Å². The van der Waals surface area contributed by atoms with Crippen molar-refractivity contribution in [1.29, 1.82) is 0 Å². The Morgan fingerprint density at radius 3 is 3.06 bits per heavy atom. The smallest absolute Gasteiger partial charge is 0.111 e. The summed E-state index contributed by atoms with van der Waals surface area (Å²) in [4.78, 5) is 1.27. The highest BCUT2D eigenvalue weighted by Crippen LogP contribution is 2.23. The molecular weight excluding hydrogens is 244 g/mol. The highest BCUT2D eigenvalue weighted by atomic mass is 32.2. The Balaban J connectivity index is 1.92. The van der Waals surface area contributed by atoms with Crippen LogP contribution in [0.5, 0.6) is 0 Å². The third-order valence-corrected chi connectivity index (χ3v) is 4.00. The first-order valence-electron chi connectivity index (χ1n) is 6.28. The topological polar surface area (TPSA) is 47.3 Å². The van der Waals surface area contributed by atoms with Crippen molar-refractivity contribution in [1.82, 2.24) is 5.43 Å². The summed E-state index contributed by atoms with van der Waals surface area (Å²) in [6.45, 7) is 2.91. The Morgan fingerprint density at radius 2 is 2.39 bits per heavy atom. The SMILES string of the molecule is Cc1cccc(SCC(NN)C2=CCCCO2)c1. The Labute approximate surface area is 113 Å². The van der Waals surface area contributed by atoms with Gasteiger partial charge in [-0.3, -0.25) is 5.84 Å². The lowest BCUT2D eigenvalue weighted by atomic mass is 10.2.